The van der Waals surface area contributed by atoms with Gasteiger partial charge in [0.2, 0.25) is 0 Å². The van der Waals surface area contributed by atoms with E-state index in [0.717, 1.165) is 0 Å². The summed E-state index contributed by atoms with van der Waals surface area (Å²) in [4.78, 5) is 25.3. The minimum Gasteiger partial charge on any atom is -0.384 e. The van der Waals surface area contributed by atoms with E-state index < -0.39 is 0 Å². The van der Waals surface area contributed by atoms with Crippen LogP contribution in [0.1, 0.15) is 41.5 Å². The van der Waals surface area contributed by atoms with Crippen LogP contribution < -0.4 is 11.5 Å². The van der Waals surface area contributed by atoms with Crippen LogP contribution >= 0.6 is 0 Å². The van der Waals surface area contributed by atoms with Crippen molar-refractivity contribution in [1.82, 2.24) is 19.5 Å². The van der Waals surface area contributed by atoms with E-state index in [1.807, 2.05) is 18.4 Å². The number of aromatic nitrogens is 4. The summed E-state index contributed by atoms with van der Waals surface area (Å²) in [5.41, 5.74) is 14.0. The normalized spacial score (nSPS) is 11.3. The number of carbonyl (C=O) groups is 1. The van der Waals surface area contributed by atoms with Gasteiger partial charge in [-0.15, -0.1) is 0 Å². The highest BCUT2D eigenvalue weighted by Crippen LogP contribution is 2.28. The number of anilines is 2. The Morgan fingerprint density at radius 1 is 1.22 bits per heavy atom. The van der Waals surface area contributed by atoms with Crippen LogP contribution in [0.3, 0.4) is 0 Å². The van der Waals surface area contributed by atoms with Gasteiger partial charge in [-0.1, -0.05) is 0 Å². The van der Waals surface area contributed by atoms with Crippen molar-refractivity contribution in [2.75, 3.05) is 11.5 Å². The summed E-state index contributed by atoms with van der Waals surface area (Å²) in [5, 5.41) is 0.569. The molecule has 118 valence electrons. The molecule has 3 aromatic heterocycles. The smallest absolute Gasteiger partial charge is 0.195 e. The van der Waals surface area contributed by atoms with Gasteiger partial charge in [0.25, 0.3) is 0 Å². The van der Waals surface area contributed by atoms with Crippen molar-refractivity contribution in [3.8, 4) is 0 Å². The van der Waals surface area contributed by atoms with E-state index in [0.29, 0.717) is 33.7 Å². The molecule has 3 heterocycles. The average Bonchev–Trinajstić information content (AvgIpc) is 2.86. The molecule has 3 rings (SSSR count). The highest BCUT2D eigenvalue weighted by molar-refractivity contribution is 6.18. The van der Waals surface area contributed by atoms with Gasteiger partial charge in [0.1, 0.15) is 23.6 Å². The molecule has 4 N–H and O–H groups in total. The van der Waals surface area contributed by atoms with Gasteiger partial charge in [-0.3, -0.25) is 4.79 Å². The molecule has 0 aliphatic heterocycles. The first-order valence-corrected chi connectivity index (χ1v) is 7.28. The number of aryl methyl sites for hydroxylation is 1. The molecular weight excluding hydrogens is 292 g/mol. The number of hydrogen-bond acceptors (Lipinski definition) is 6. The summed E-state index contributed by atoms with van der Waals surface area (Å²) in [6.45, 7) is 5.82. The van der Waals surface area contributed by atoms with Crippen LogP contribution in [0, 0.1) is 6.92 Å². The second-order valence-electron chi connectivity index (χ2n) is 5.75. The van der Waals surface area contributed by atoms with Crippen LogP contribution in [-0.4, -0.2) is 25.3 Å². The summed E-state index contributed by atoms with van der Waals surface area (Å²) in [6, 6.07) is 3.41. The maximum Gasteiger partial charge on any atom is 0.195 e. The van der Waals surface area contributed by atoms with E-state index >= 15 is 0 Å². The van der Waals surface area contributed by atoms with Gasteiger partial charge >= 0.3 is 0 Å². The lowest BCUT2D eigenvalue weighted by atomic mass is 10.0. The number of nitrogens with zero attached hydrogens (tertiary/aromatic N) is 4. The molecule has 0 amide bonds. The summed E-state index contributed by atoms with van der Waals surface area (Å²) in [7, 11) is 0. The van der Waals surface area contributed by atoms with Gasteiger partial charge < -0.3 is 16.0 Å². The molecule has 3 aromatic rings. The standard InChI is InChI=1S/C16H18N6O/c1-8(2)22-6-11(13-15(18)19-7-20-16(13)22)14(23)10-4-9(3)21-12(17)5-10/h4-8H,1-3H3,(H2,17,21)(H2,18,19,20). The average molecular weight is 310 g/mol. The largest absolute Gasteiger partial charge is 0.384 e. The van der Waals surface area contributed by atoms with Crippen LogP contribution in [0.5, 0.6) is 0 Å². The lowest BCUT2D eigenvalue weighted by molar-refractivity contribution is 0.104. The second-order valence-corrected chi connectivity index (χ2v) is 5.75. The van der Waals surface area contributed by atoms with E-state index in [1.165, 1.54) is 6.33 Å². The fraction of sp³-hybridized carbons (Fsp3) is 0.250. The lowest BCUT2D eigenvalue weighted by Crippen LogP contribution is -2.05. The molecule has 0 aliphatic rings. The van der Waals surface area contributed by atoms with Crippen molar-refractivity contribution in [1.29, 1.82) is 0 Å². The van der Waals surface area contributed by atoms with E-state index in [1.54, 1.807) is 25.3 Å². The van der Waals surface area contributed by atoms with Crippen LogP contribution in [0.4, 0.5) is 11.6 Å². The Kier molecular flexibility index (Phi) is 3.48. The van der Waals surface area contributed by atoms with Crippen molar-refractivity contribution in [3.05, 3.63) is 41.5 Å². The topological polar surface area (TPSA) is 113 Å². The summed E-state index contributed by atoms with van der Waals surface area (Å²) >= 11 is 0. The zero-order chi connectivity index (χ0) is 16.7. The molecular formula is C16H18N6O. The molecule has 0 unspecified atom stereocenters. The second kappa shape index (κ2) is 5.35. The minimum absolute atomic E-state index is 0.137. The third kappa shape index (κ3) is 2.50. The Labute approximate surface area is 133 Å². The van der Waals surface area contributed by atoms with Gasteiger partial charge in [0.15, 0.2) is 5.78 Å². The first-order chi connectivity index (χ1) is 10.9. The molecule has 0 saturated heterocycles. The predicted octanol–water partition coefficient (Wildman–Crippen LogP) is 2.11. The van der Waals surface area contributed by atoms with E-state index in [-0.39, 0.29) is 17.6 Å². The van der Waals surface area contributed by atoms with Gasteiger partial charge in [-0.25, -0.2) is 15.0 Å². The Morgan fingerprint density at radius 2 is 1.96 bits per heavy atom. The van der Waals surface area contributed by atoms with E-state index in [4.69, 9.17) is 11.5 Å². The van der Waals surface area contributed by atoms with Crippen molar-refractivity contribution >= 4 is 28.5 Å². The fourth-order valence-electron chi connectivity index (χ4n) is 2.65. The number of pyridine rings is 1. The highest BCUT2D eigenvalue weighted by atomic mass is 16.1. The molecule has 0 aromatic carbocycles. The number of carbonyl (C=O) groups excluding carboxylic acids is 1. The Hall–Kier alpha value is -2.96. The maximum atomic E-state index is 12.9. The Morgan fingerprint density at radius 3 is 2.61 bits per heavy atom. The van der Waals surface area contributed by atoms with Crippen LogP contribution in [-0.2, 0) is 0 Å². The molecule has 7 heteroatoms. The monoisotopic (exact) mass is 310 g/mol. The molecule has 23 heavy (non-hydrogen) atoms. The number of nitrogen functional groups attached to an aromatic ring is 2. The quantitative estimate of drug-likeness (QED) is 0.716. The SMILES string of the molecule is Cc1cc(C(=O)c2cn(C(C)C)c3ncnc(N)c23)cc(N)n1. The summed E-state index contributed by atoms with van der Waals surface area (Å²) < 4.78 is 1.91. The summed E-state index contributed by atoms with van der Waals surface area (Å²) in [6.07, 6.45) is 3.17. The Bertz CT molecular complexity index is 892. The van der Waals surface area contributed by atoms with E-state index in [9.17, 15) is 4.79 Å². The van der Waals surface area contributed by atoms with Crippen molar-refractivity contribution in [2.24, 2.45) is 0 Å². The highest BCUT2D eigenvalue weighted by Gasteiger charge is 2.21. The number of nitrogens with two attached hydrogens (primary N) is 2. The lowest BCUT2D eigenvalue weighted by Gasteiger charge is -2.07. The molecule has 0 fully saturated rings. The summed E-state index contributed by atoms with van der Waals surface area (Å²) in [5.74, 6) is 0.426. The number of hydrogen-bond donors (Lipinski definition) is 2. The van der Waals surface area contributed by atoms with Crippen molar-refractivity contribution in [3.63, 3.8) is 0 Å². The van der Waals surface area contributed by atoms with Crippen LogP contribution in [0.15, 0.2) is 24.7 Å². The van der Waals surface area contributed by atoms with Gasteiger partial charge in [0, 0.05) is 23.5 Å². The predicted molar refractivity (Wildman–Crippen MR) is 89.1 cm³/mol. The molecule has 0 aliphatic carbocycles. The van der Waals surface area contributed by atoms with E-state index in [2.05, 4.69) is 15.0 Å². The molecule has 7 nitrogen and oxygen atoms in total. The third-order valence-electron chi connectivity index (χ3n) is 3.68. The maximum absolute atomic E-state index is 12.9. The van der Waals surface area contributed by atoms with Gasteiger partial charge in [0.05, 0.1) is 10.9 Å². The van der Waals surface area contributed by atoms with Gasteiger partial charge in [-0.05, 0) is 32.9 Å². The first-order valence-electron chi connectivity index (χ1n) is 7.28. The Balaban J connectivity index is 2.25. The fourth-order valence-corrected chi connectivity index (χ4v) is 2.65. The first kappa shape index (κ1) is 15.0. The molecule has 0 saturated carbocycles. The number of ketones is 1. The van der Waals surface area contributed by atoms with Crippen molar-refractivity contribution < 1.29 is 4.79 Å². The van der Waals surface area contributed by atoms with Crippen LogP contribution in [0.25, 0.3) is 11.0 Å². The van der Waals surface area contributed by atoms with Gasteiger partial charge in [-0.2, -0.15) is 0 Å². The number of fused-ring (bicyclic) bond motifs is 1. The third-order valence-corrected chi connectivity index (χ3v) is 3.68. The van der Waals surface area contributed by atoms with Crippen LogP contribution in [0.2, 0.25) is 0 Å². The zero-order valence-corrected chi connectivity index (χ0v) is 13.2. The minimum atomic E-state index is -0.173. The zero-order valence-electron chi connectivity index (χ0n) is 13.2. The van der Waals surface area contributed by atoms with Crippen molar-refractivity contribution in [2.45, 2.75) is 26.8 Å². The molecule has 0 spiro atoms. The molecule has 0 bridgehead atoms. The molecule has 0 atom stereocenters. The number of rotatable bonds is 3. The molecule has 0 radical (unpaired) electrons.